The average Bonchev–Trinajstić information content (AvgIpc) is 3.42. The van der Waals surface area contributed by atoms with E-state index in [0.717, 1.165) is 17.8 Å². The Morgan fingerprint density at radius 1 is 1.10 bits per heavy atom. The zero-order valence-electron chi connectivity index (χ0n) is 16.5. The number of halogens is 2. The predicted octanol–water partition coefficient (Wildman–Crippen LogP) is 4.56. The van der Waals surface area contributed by atoms with E-state index in [9.17, 15) is 13.6 Å². The molecule has 0 saturated carbocycles. The Labute approximate surface area is 181 Å². The lowest BCUT2D eigenvalue weighted by molar-refractivity contribution is -0.127. The van der Waals surface area contributed by atoms with E-state index in [2.05, 4.69) is 10.2 Å². The molecule has 0 aliphatic heterocycles. The fourth-order valence-electron chi connectivity index (χ4n) is 2.98. The van der Waals surface area contributed by atoms with E-state index in [0.29, 0.717) is 28.8 Å². The number of aromatic nitrogens is 3. The number of benzene rings is 2. The molecule has 158 valence electrons. The Kier molecular flexibility index (Phi) is 6.13. The number of rotatable bonds is 7. The minimum absolute atomic E-state index is 0.0624. The maximum absolute atomic E-state index is 14.6. The second kappa shape index (κ2) is 9.13. The predicted molar refractivity (Wildman–Crippen MR) is 113 cm³/mol. The number of amides is 1. The van der Waals surface area contributed by atoms with Crippen molar-refractivity contribution in [2.75, 3.05) is 12.8 Å². The minimum Gasteiger partial charge on any atom is -0.467 e. The molecule has 0 unspecified atom stereocenters. The first-order valence-electron chi connectivity index (χ1n) is 9.38. The maximum Gasteiger partial charge on any atom is 0.233 e. The van der Waals surface area contributed by atoms with Crippen molar-refractivity contribution in [2.45, 2.75) is 11.7 Å². The standard InChI is InChI=1S/C22H18F2N4O2S/c1-27(13-17-8-5-11-30-17)20(29)14-31-22-26-25-21(15-6-3-2-4-7-15)28(22)19-10-9-16(23)12-18(19)24/h2-12H,13-14H2,1H3. The second-order valence-electron chi connectivity index (χ2n) is 6.72. The van der Waals surface area contributed by atoms with E-state index in [1.165, 1.54) is 21.6 Å². The van der Waals surface area contributed by atoms with Gasteiger partial charge in [0.05, 0.1) is 24.2 Å². The summed E-state index contributed by atoms with van der Waals surface area (Å²) in [5, 5.41) is 8.69. The number of carbonyl (C=O) groups is 1. The van der Waals surface area contributed by atoms with Crippen molar-refractivity contribution < 1.29 is 18.0 Å². The van der Waals surface area contributed by atoms with Crippen LogP contribution >= 0.6 is 11.8 Å². The third-order valence-electron chi connectivity index (χ3n) is 4.54. The number of thioether (sulfide) groups is 1. The molecule has 2 aromatic heterocycles. The van der Waals surface area contributed by atoms with Crippen molar-refractivity contribution in [1.29, 1.82) is 0 Å². The highest BCUT2D eigenvalue weighted by atomic mass is 32.2. The third-order valence-corrected chi connectivity index (χ3v) is 5.45. The van der Waals surface area contributed by atoms with Crippen LogP contribution in [-0.2, 0) is 11.3 Å². The van der Waals surface area contributed by atoms with E-state index in [1.54, 1.807) is 25.4 Å². The number of carbonyl (C=O) groups excluding carboxylic acids is 1. The third kappa shape index (κ3) is 4.66. The van der Waals surface area contributed by atoms with Crippen molar-refractivity contribution in [1.82, 2.24) is 19.7 Å². The quantitative estimate of drug-likeness (QED) is 0.395. The van der Waals surface area contributed by atoms with Crippen LogP contribution in [0.25, 0.3) is 17.1 Å². The SMILES string of the molecule is CN(Cc1ccco1)C(=O)CSc1nnc(-c2ccccc2)n1-c1ccc(F)cc1F. The monoisotopic (exact) mass is 440 g/mol. The summed E-state index contributed by atoms with van der Waals surface area (Å²) in [4.78, 5) is 14.1. The van der Waals surface area contributed by atoms with Crippen LogP contribution in [0.5, 0.6) is 0 Å². The Morgan fingerprint density at radius 2 is 1.90 bits per heavy atom. The molecular formula is C22H18F2N4O2S. The molecule has 0 saturated heterocycles. The van der Waals surface area contributed by atoms with Crippen molar-refractivity contribution in [3.05, 3.63) is 84.3 Å². The number of hydrogen-bond acceptors (Lipinski definition) is 5. The van der Waals surface area contributed by atoms with E-state index < -0.39 is 11.6 Å². The van der Waals surface area contributed by atoms with Gasteiger partial charge in [-0.1, -0.05) is 42.1 Å². The normalized spacial score (nSPS) is 10.9. The maximum atomic E-state index is 14.6. The van der Waals surface area contributed by atoms with Gasteiger partial charge in [-0.3, -0.25) is 9.36 Å². The Bertz CT molecular complexity index is 1180. The highest BCUT2D eigenvalue weighted by Gasteiger charge is 2.21. The van der Waals surface area contributed by atoms with Gasteiger partial charge in [-0.05, 0) is 24.3 Å². The lowest BCUT2D eigenvalue weighted by Gasteiger charge is -2.16. The van der Waals surface area contributed by atoms with Crippen LogP contribution < -0.4 is 0 Å². The van der Waals surface area contributed by atoms with Crippen LogP contribution in [0.3, 0.4) is 0 Å². The highest BCUT2D eigenvalue weighted by Crippen LogP contribution is 2.29. The van der Waals surface area contributed by atoms with Gasteiger partial charge in [0.1, 0.15) is 17.4 Å². The van der Waals surface area contributed by atoms with Crippen molar-refractivity contribution in [3.8, 4) is 17.1 Å². The van der Waals surface area contributed by atoms with Crippen molar-refractivity contribution in [2.24, 2.45) is 0 Å². The van der Waals surface area contributed by atoms with Gasteiger partial charge in [0.15, 0.2) is 11.0 Å². The summed E-state index contributed by atoms with van der Waals surface area (Å²) in [6, 6.07) is 16.0. The van der Waals surface area contributed by atoms with Crippen LogP contribution in [0, 0.1) is 11.6 Å². The zero-order valence-corrected chi connectivity index (χ0v) is 17.4. The summed E-state index contributed by atoms with van der Waals surface area (Å²) in [7, 11) is 1.67. The van der Waals surface area contributed by atoms with Crippen LogP contribution in [0.1, 0.15) is 5.76 Å². The van der Waals surface area contributed by atoms with Gasteiger partial charge >= 0.3 is 0 Å². The topological polar surface area (TPSA) is 64.2 Å². The first-order chi connectivity index (χ1) is 15.0. The number of hydrogen-bond donors (Lipinski definition) is 0. The molecule has 0 radical (unpaired) electrons. The average molecular weight is 440 g/mol. The van der Waals surface area contributed by atoms with Gasteiger partial charge in [0.2, 0.25) is 5.91 Å². The van der Waals surface area contributed by atoms with Gasteiger partial charge in [0.25, 0.3) is 0 Å². The molecule has 2 aromatic carbocycles. The van der Waals surface area contributed by atoms with E-state index in [-0.39, 0.29) is 17.3 Å². The summed E-state index contributed by atoms with van der Waals surface area (Å²) >= 11 is 1.13. The van der Waals surface area contributed by atoms with Crippen LogP contribution in [0.2, 0.25) is 0 Å². The molecule has 9 heteroatoms. The fraction of sp³-hybridized carbons (Fsp3) is 0.136. The number of furan rings is 1. The van der Waals surface area contributed by atoms with Crippen LogP contribution in [0.4, 0.5) is 8.78 Å². The fourth-order valence-corrected chi connectivity index (χ4v) is 3.86. The molecule has 0 bridgehead atoms. The molecular weight excluding hydrogens is 422 g/mol. The lowest BCUT2D eigenvalue weighted by atomic mass is 10.2. The molecule has 0 aliphatic rings. The van der Waals surface area contributed by atoms with Gasteiger partial charge in [-0.2, -0.15) is 0 Å². The molecule has 0 N–H and O–H groups in total. The summed E-state index contributed by atoms with van der Waals surface area (Å²) in [6.45, 7) is 0.334. The molecule has 6 nitrogen and oxygen atoms in total. The smallest absolute Gasteiger partial charge is 0.233 e. The van der Waals surface area contributed by atoms with Gasteiger partial charge in [0, 0.05) is 18.7 Å². The van der Waals surface area contributed by atoms with E-state index in [4.69, 9.17) is 4.42 Å². The van der Waals surface area contributed by atoms with Crippen molar-refractivity contribution in [3.63, 3.8) is 0 Å². The largest absolute Gasteiger partial charge is 0.467 e. The molecule has 0 fully saturated rings. The molecule has 31 heavy (non-hydrogen) atoms. The first kappa shape index (κ1) is 20.8. The highest BCUT2D eigenvalue weighted by molar-refractivity contribution is 7.99. The molecule has 0 atom stereocenters. The molecule has 4 rings (SSSR count). The molecule has 2 heterocycles. The molecule has 4 aromatic rings. The first-order valence-corrected chi connectivity index (χ1v) is 10.4. The van der Waals surface area contributed by atoms with Gasteiger partial charge < -0.3 is 9.32 Å². The van der Waals surface area contributed by atoms with Crippen molar-refractivity contribution >= 4 is 17.7 Å². The summed E-state index contributed by atoms with van der Waals surface area (Å²) in [5.74, 6) is -0.461. The molecule has 1 amide bonds. The lowest BCUT2D eigenvalue weighted by Crippen LogP contribution is -2.27. The Morgan fingerprint density at radius 3 is 2.61 bits per heavy atom. The van der Waals surface area contributed by atoms with Crippen LogP contribution in [-0.4, -0.2) is 38.4 Å². The molecule has 0 spiro atoms. The Hall–Kier alpha value is -3.46. The second-order valence-corrected chi connectivity index (χ2v) is 7.66. The minimum atomic E-state index is -0.750. The van der Waals surface area contributed by atoms with Gasteiger partial charge in [-0.25, -0.2) is 8.78 Å². The zero-order chi connectivity index (χ0) is 21.8. The molecule has 0 aliphatic carbocycles. The van der Waals surface area contributed by atoms with E-state index in [1.807, 2.05) is 30.3 Å². The van der Waals surface area contributed by atoms with Gasteiger partial charge in [-0.15, -0.1) is 10.2 Å². The van der Waals surface area contributed by atoms with E-state index >= 15 is 0 Å². The number of nitrogens with zero attached hydrogens (tertiary/aromatic N) is 4. The summed E-state index contributed by atoms with van der Waals surface area (Å²) in [6.07, 6.45) is 1.55. The Balaban J connectivity index is 1.61. The summed E-state index contributed by atoms with van der Waals surface area (Å²) < 4.78 is 34.8. The van der Waals surface area contributed by atoms with Crippen LogP contribution in [0.15, 0.2) is 76.5 Å². The summed E-state index contributed by atoms with van der Waals surface area (Å²) in [5.41, 5.74) is 0.816.